The van der Waals surface area contributed by atoms with Gasteiger partial charge in [-0.3, -0.25) is 4.79 Å². The Labute approximate surface area is 193 Å². The average molecular weight is 513 g/mol. The monoisotopic (exact) mass is 511 g/mol. The van der Waals surface area contributed by atoms with E-state index in [2.05, 4.69) is 63.6 Å². The molecule has 31 heavy (non-hydrogen) atoms. The van der Waals surface area contributed by atoms with Crippen molar-refractivity contribution < 1.29 is 19.1 Å². The van der Waals surface area contributed by atoms with Crippen LogP contribution in [-0.2, 0) is 4.43 Å². The number of aryl methyl sites for hydroxylation is 1. The number of methoxy groups -OCH3 is 1. The lowest BCUT2D eigenvalue weighted by Crippen LogP contribution is -2.42. The van der Waals surface area contributed by atoms with Crippen LogP contribution in [0.4, 0.5) is 0 Å². The van der Waals surface area contributed by atoms with Crippen molar-refractivity contribution in [2.75, 3.05) is 13.7 Å². The molecular formula is C23H34BrNO5Si. The Bertz CT molecular complexity index is 1050. The Morgan fingerprint density at radius 2 is 1.87 bits per heavy atom. The van der Waals surface area contributed by atoms with Crippen molar-refractivity contribution >= 4 is 41.1 Å². The standard InChI is InChI=1S/C23H34BrNO5Si/c1-13(2)17(12-30-31(8,9)23(4,5)6)25-11-15(22(27)28)21(26)19-14(3)20(24)18(29-7)10-16(19)25/h10-11,13,17H,12H2,1-9H3,(H,27,28). The number of halogens is 1. The molecular weight excluding hydrogens is 478 g/mol. The Morgan fingerprint density at radius 1 is 1.29 bits per heavy atom. The minimum atomic E-state index is -2.02. The number of fused-ring (bicyclic) bond motifs is 1. The quantitative estimate of drug-likeness (QED) is 0.461. The molecule has 1 unspecified atom stereocenters. The number of hydrogen-bond acceptors (Lipinski definition) is 4. The minimum absolute atomic E-state index is 0.0526. The molecule has 6 nitrogen and oxygen atoms in total. The van der Waals surface area contributed by atoms with Crippen LogP contribution in [0.2, 0.25) is 18.1 Å². The first-order valence-corrected chi connectivity index (χ1v) is 14.1. The van der Waals surface area contributed by atoms with Crippen LogP contribution in [0, 0.1) is 12.8 Å². The van der Waals surface area contributed by atoms with E-state index in [1.165, 1.54) is 6.20 Å². The maximum Gasteiger partial charge on any atom is 0.341 e. The van der Waals surface area contributed by atoms with Crippen LogP contribution in [-0.4, -0.2) is 37.7 Å². The number of benzene rings is 1. The summed E-state index contributed by atoms with van der Waals surface area (Å²) in [5.41, 5.74) is 0.562. The van der Waals surface area contributed by atoms with Gasteiger partial charge in [0.15, 0.2) is 8.32 Å². The summed E-state index contributed by atoms with van der Waals surface area (Å²) in [6.07, 6.45) is 1.46. The van der Waals surface area contributed by atoms with Gasteiger partial charge in [0.25, 0.3) is 0 Å². The molecule has 0 radical (unpaired) electrons. The van der Waals surface area contributed by atoms with Gasteiger partial charge in [0.05, 0.1) is 35.1 Å². The molecule has 1 aromatic heterocycles. The second-order valence-corrected chi connectivity index (χ2v) is 15.5. The van der Waals surface area contributed by atoms with Gasteiger partial charge in [-0.05, 0) is 52.5 Å². The van der Waals surface area contributed by atoms with Gasteiger partial charge in [0.2, 0.25) is 5.43 Å². The van der Waals surface area contributed by atoms with E-state index in [9.17, 15) is 14.7 Å². The zero-order chi connectivity index (χ0) is 23.9. The SMILES string of the molecule is COc1cc2c(c(C)c1Br)c(=O)c(C(=O)O)cn2C(CO[Si](C)(C)C(C)(C)C)C(C)C. The molecule has 1 aromatic carbocycles. The molecule has 0 amide bonds. The highest BCUT2D eigenvalue weighted by molar-refractivity contribution is 9.10. The molecule has 0 aliphatic heterocycles. The summed E-state index contributed by atoms with van der Waals surface area (Å²) in [7, 11) is -0.452. The highest BCUT2D eigenvalue weighted by Gasteiger charge is 2.38. The van der Waals surface area contributed by atoms with E-state index in [0.717, 1.165) is 0 Å². The lowest BCUT2D eigenvalue weighted by Gasteiger charge is -2.38. The molecule has 8 heteroatoms. The first-order valence-electron chi connectivity index (χ1n) is 10.4. The van der Waals surface area contributed by atoms with Crippen LogP contribution >= 0.6 is 15.9 Å². The Hall–Kier alpha value is -1.64. The summed E-state index contributed by atoms with van der Waals surface area (Å²) in [6, 6.07) is 1.64. The van der Waals surface area contributed by atoms with E-state index in [-0.39, 0.29) is 22.6 Å². The second kappa shape index (κ2) is 9.08. The van der Waals surface area contributed by atoms with Crippen LogP contribution in [0.1, 0.15) is 56.6 Å². The van der Waals surface area contributed by atoms with Crippen LogP contribution in [0.3, 0.4) is 0 Å². The molecule has 0 spiro atoms. The van der Waals surface area contributed by atoms with Crippen LogP contribution in [0.5, 0.6) is 5.75 Å². The topological polar surface area (TPSA) is 77.8 Å². The van der Waals surface area contributed by atoms with E-state index in [4.69, 9.17) is 9.16 Å². The predicted molar refractivity (Wildman–Crippen MR) is 131 cm³/mol. The van der Waals surface area contributed by atoms with E-state index in [1.54, 1.807) is 20.1 Å². The molecule has 2 aromatic rings. The zero-order valence-electron chi connectivity index (χ0n) is 19.9. The van der Waals surface area contributed by atoms with Gasteiger partial charge in [-0.25, -0.2) is 4.79 Å². The summed E-state index contributed by atoms with van der Waals surface area (Å²) in [5, 5.41) is 10.2. The molecule has 0 aliphatic rings. The molecule has 1 atom stereocenters. The third-order valence-electron chi connectivity index (χ3n) is 6.46. The molecule has 0 bridgehead atoms. The molecule has 0 aliphatic carbocycles. The normalized spacial score (nSPS) is 13.6. The third kappa shape index (κ3) is 4.91. The number of carboxylic acid groups (broad SMARTS) is 1. The number of ether oxygens (including phenoxy) is 1. The van der Waals surface area contributed by atoms with Gasteiger partial charge < -0.3 is 18.8 Å². The largest absolute Gasteiger partial charge is 0.495 e. The van der Waals surface area contributed by atoms with Crippen LogP contribution < -0.4 is 10.2 Å². The molecule has 2 rings (SSSR count). The first kappa shape index (κ1) is 25.6. The number of aromatic carboxylic acids is 1. The van der Waals surface area contributed by atoms with Crippen molar-refractivity contribution in [1.82, 2.24) is 4.57 Å². The van der Waals surface area contributed by atoms with Gasteiger partial charge >= 0.3 is 5.97 Å². The van der Waals surface area contributed by atoms with Gasteiger partial charge in [-0.2, -0.15) is 0 Å². The predicted octanol–water partition coefficient (Wildman–Crippen LogP) is 6.00. The number of pyridine rings is 1. The van der Waals surface area contributed by atoms with Crippen molar-refractivity contribution in [3.8, 4) is 5.75 Å². The highest BCUT2D eigenvalue weighted by Crippen LogP contribution is 2.39. The van der Waals surface area contributed by atoms with Gasteiger partial charge in [0, 0.05) is 12.3 Å². The molecule has 1 N–H and O–H groups in total. The lowest BCUT2D eigenvalue weighted by molar-refractivity contribution is 0.0694. The maximum atomic E-state index is 13.1. The summed E-state index contributed by atoms with van der Waals surface area (Å²) < 4.78 is 14.6. The smallest absolute Gasteiger partial charge is 0.341 e. The van der Waals surface area contributed by atoms with E-state index in [0.29, 0.717) is 33.3 Å². The summed E-state index contributed by atoms with van der Waals surface area (Å²) >= 11 is 3.49. The van der Waals surface area contributed by atoms with E-state index in [1.807, 2.05) is 4.57 Å². The lowest BCUT2D eigenvalue weighted by atomic mass is 10.0. The fourth-order valence-corrected chi connectivity index (χ4v) is 4.81. The fourth-order valence-electron chi connectivity index (χ4n) is 3.32. The highest BCUT2D eigenvalue weighted by atomic mass is 79.9. The number of hydrogen-bond donors (Lipinski definition) is 1. The van der Waals surface area contributed by atoms with Gasteiger partial charge in [-0.15, -0.1) is 0 Å². The van der Waals surface area contributed by atoms with Crippen molar-refractivity contribution in [3.63, 3.8) is 0 Å². The maximum absolute atomic E-state index is 13.1. The first-order chi connectivity index (χ1) is 14.1. The molecule has 0 saturated carbocycles. The number of aromatic nitrogens is 1. The third-order valence-corrected chi connectivity index (χ3v) is 11.9. The number of carboxylic acids is 1. The molecule has 172 valence electrons. The van der Waals surface area contributed by atoms with Crippen molar-refractivity contribution in [1.29, 1.82) is 0 Å². The summed E-state index contributed by atoms with van der Waals surface area (Å²) in [5.74, 6) is -0.499. The molecule has 0 saturated heterocycles. The van der Waals surface area contributed by atoms with Gasteiger partial charge in [-0.1, -0.05) is 34.6 Å². The van der Waals surface area contributed by atoms with Crippen molar-refractivity contribution in [2.24, 2.45) is 5.92 Å². The average Bonchev–Trinajstić information content (AvgIpc) is 2.64. The summed E-state index contributed by atoms with van der Waals surface area (Å²) in [4.78, 5) is 25.0. The Morgan fingerprint density at radius 3 is 2.32 bits per heavy atom. The molecule has 1 heterocycles. The van der Waals surface area contributed by atoms with E-state index >= 15 is 0 Å². The van der Waals surface area contributed by atoms with Crippen LogP contribution in [0.25, 0.3) is 10.9 Å². The Balaban J connectivity index is 2.81. The van der Waals surface area contributed by atoms with Crippen molar-refractivity contribution in [2.45, 2.75) is 65.7 Å². The van der Waals surface area contributed by atoms with Gasteiger partial charge in [0.1, 0.15) is 11.3 Å². The van der Waals surface area contributed by atoms with Crippen LogP contribution in [0.15, 0.2) is 21.5 Å². The fraction of sp³-hybridized carbons (Fsp3) is 0.565. The minimum Gasteiger partial charge on any atom is -0.495 e. The number of nitrogens with zero attached hydrogens (tertiary/aromatic N) is 1. The zero-order valence-corrected chi connectivity index (χ0v) is 22.5. The van der Waals surface area contributed by atoms with Crippen molar-refractivity contribution in [3.05, 3.63) is 38.1 Å². The number of carbonyl (C=O) groups is 1. The second-order valence-electron chi connectivity index (χ2n) is 9.88. The Kier molecular flexibility index (Phi) is 7.50. The van der Waals surface area contributed by atoms with E-state index < -0.39 is 19.7 Å². The molecule has 0 fully saturated rings. The number of rotatable bonds is 7. The summed E-state index contributed by atoms with van der Waals surface area (Å²) in [6.45, 7) is 17.3.